The van der Waals surface area contributed by atoms with E-state index in [4.69, 9.17) is 0 Å². The van der Waals surface area contributed by atoms with E-state index in [-0.39, 0.29) is 10.3 Å². The first-order valence-electron chi connectivity index (χ1n) is 12.8. The van der Waals surface area contributed by atoms with Gasteiger partial charge >= 0.3 is 6.03 Å². The summed E-state index contributed by atoms with van der Waals surface area (Å²) in [5, 5.41) is 7.16. The molecule has 0 aliphatic carbocycles. The lowest BCUT2D eigenvalue weighted by molar-refractivity contribution is 0.262. The minimum absolute atomic E-state index is 0. The summed E-state index contributed by atoms with van der Waals surface area (Å²) in [6, 6.07) is 18.1. The highest BCUT2D eigenvalue weighted by atomic mass is 16.2. The van der Waals surface area contributed by atoms with Crippen LogP contribution >= 0.6 is 0 Å². The van der Waals surface area contributed by atoms with E-state index in [0.717, 1.165) is 72.9 Å². The van der Waals surface area contributed by atoms with Crippen molar-refractivity contribution in [2.24, 2.45) is 0 Å². The van der Waals surface area contributed by atoms with Crippen molar-refractivity contribution in [3.8, 4) is 0 Å². The zero-order valence-electron chi connectivity index (χ0n) is 20.3. The molecule has 8 nitrogen and oxygen atoms in total. The van der Waals surface area contributed by atoms with Crippen molar-refractivity contribution < 1.29 is 9.07 Å². The van der Waals surface area contributed by atoms with Crippen LogP contribution < -0.4 is 20.4 Å². The number of aromatic amines is 1. The third-order valence-electron chi connectivity index (χ3n) is 7.27. The molecule has 4 heterocycles. The molecule has 0 bridgehead atoms. The second-order valence-corrected chi connectivity index (χ2v) is 9.64. The average molecular weight is 488 g/mol. The first-order valence-corrected chi connectivity index (χ1v) is 12.8. The van der Waals surface area contributed by atoms with Gasteiger partial charge < -0.3 is 25.4 Å². The number of nitrogens with one attached hydrogen (secondary N) is 3. The number of amides is 2. The summed E-state index contributed by atoms with van der Waals surface area (Å²) in [6.07, 6.45) is 8.12. The Labute approximate surface area is 215 Å². The number of benzene rings is 2. The van der Waals surface area contributed by atoms with Crippen molar-refractivity contribution in [2.45, 2.75) is 31.6 Å². The average Bonchev–Trinajstić information content (AvgIpc) is 3.62. The normalized spacial score (nSPS) is 17.9. The summed E-state index contributed by atoms with van der Waals surface area (Å²) in [4.78, 5) is 29.7. The van der Waals surface area contributed by atoms with Gasteiger partial charge in [-0.25, -0.2) is 14.8 Å². The van der Waals surface area contributed by atoms with Crippen LogP contribution in [0.3, 0.4) is 0 Å². The first-order chi connectivity index (χ1) is 17.7. The number of urea groups is 1. The highest BCUT2D eigenvalue weighted by Crippen LogP contribution is 2.33. The molecule has 2 amide bonds. The van der Waals surface area contributed by atoms with Gasteiger partial charge in [0.05, 0.1) is 16.8 Å². The van der Waals surface area contributed by atoms with Crippen LogP contribution in [0.15, 0.2) is 67.1 Å². The van der Waals surface area contributed by atoms with Crippen LogP contribution in [0, 0.1) is 0 Å². The number of nitrogens with zero attached hydrogens (tertiary/aromatic N) is 4. The molecule has 0 saturated carbocycles. The van der Waals surface area contributed by atoms with Gasteiger partial charge in [-0.3, -0.25) is 0 Å². The maximum atomic E-state index is 12.9. The zero-order chi connectivity index (χ0) is 24.3. The number of carbonyl (C=O) groups excluding carboxylic acids is 1. The van der Waals surface area contributed by atoms with E-state index in [9.17, 15) is 4.79 Å². The van der Waals surface area contributed by atoms with Gasteiger partial charge in [0.1, 0.15) is 17.8 Å². The number of aromatic nitrogens is 3. The monoisotopic (exact) mass is 487 g/mol. The summed E-state index contributed by atoms with van der Waals surface area (Å²) >= 11 is 0. The van der Waals surface area contributed by atoms with Gasteiger partial charge in [0.2, 0.25) is 0 Å². The van der Waals surface area contributed by atoms with Gasteiger partial charge in [-0.1, -0.05) is 24.3 Å². The number of anilines is 4. The lowest BCUT2D eigenvalue weighted by atomic mass is 9.90. The number of piperidine rings is 1. The third kappa shape index (κ3) is 4.58. The maximum absolute atomic E-state index is 12.9. The van der Waals surface area contributed by atoms with Gasteiger partial charge in [-0.2, -0.15) is 0 Å². The molecule has 2 aliphatic heterocycles. The standard InChI is InChI=1S/C28H31N7O.3H2/c36-28(33-24-10-1-2-11-25(24)34-14-3-4-15-34)32-22-9-5-7-20(17-22)21-8-6-16-35(18-21)27-23-12-13-29-26(23)30-19-31-27;;;/h1-2,5,7,9-13,17,19,21H,3-4,6,8,14-16,18H2,(H,29,30,31)(H2,32,33,36);3*1H/t21-;;;/m0.../s1. The molecule has 2 aliphatic rings. The lowest BCUT2D eigenvalue weighted by Crippen LogP contribution is -2.35. The molecule has 190 valence electrons. The van der Waals surface area contributed by atoms with Crippen molar-refractivity contribution in [1.82, 2.24) is 15.0 Å². The van der Waals surface area contributed by atoms with Crippen LogP contribution in [-0.2, 0) is 0 Å². The fourth-order valence-electron chi connectivity index (χ4n) is 5.52. The Hall–Kier alpha value is -4.07. The largest absolute Gasteiger partial charge is 0.370 e. The van der Waals surface area contributed by atoms with Gasteiger partial charge in [0, 0.05) is 48.3 Å². The highest BCUT2D eigenvalue weighted by Gasteiger charge is 2.24. The topological polar surface area (TPSA) is 89.2 Å². The molecule has 0 spiro atoms. The molecule has 36 heavy (non-hydrogen) atoms. The molecule has 4 aromatic rings. The Morgan fingerprint density at radius 3 is 2.72 bits per heavy atom. The summed E-state index contributed by atoms with van der Waals surface area (Å²) in [5.41, 5.74) is 4.83. The predicted octanol–water partition coefficient (Wildman–Crippen LogP) is 6.32. The molecular formula is C28H37N7O. The van der Waals surface area contributed by atoms with Crippen molar-refractivity contribution in [3.63, 3.8) is 0 Å². The molecule has 0 unspecified atom stereocenters. The Balaban J connectivity index is 0.00000140. The number of rotatable bonds is 5. The minimum atomic E-state index is -0.222. The molecule has 2 aromatic carbocycles. The van der Waals surface area contributed by atoms with E-state index in [1.165, 1.54) is 18.4 Å². The fourth-order valence-corrected chi connectivity index (χ4v) is 5.52. The first kappa shape index (κ1) is 22.4. The molecule has 8 heteroatoms. The van der Waals surface area contributed by atoms with Crippen molar-refractivity contribution >= 4 is 39.9 Å². The quantitative estimate of drug-likeness (QED) is 0.306. The van der Waals surface area contributed by atoms with Gasteiger partial charge in [-0.15, -0.1) is 0 Å². The van der Waals surface area contributed by atoms with Gasteiger partial charge in [0.15, 0.2) is 0 Å². The summed E-state index contributed by atoms with van der Waals surface area (Å²) in [5.74, 6) is 1.35. The number of H-pyrrole nitrogens is 1. The Bertz CT molecular complexity index is 1380. The van der Waals surface area contributed by atoms with Crippen LogP contribution in [-0.4, -0.2) is 47.2 Å². The Morgan fingerprint density at radius 2 is 1.81 bits per heavy atom. The predicted molar refractivity (Wildman–Crippen MR) is 151 cm³/mol. The van der Waals surface area contributed by atoms with Crippen molar-refractivity contribution in [1.29, 1.82) is 0 Å². The number of fused-ring (bicyclic) bond motifs is 1. The van der Waals surface area contributed by atoms with E-state index >= 15 is 0 Å². The molecule has 2 aromatic heterocycles. The van der Waals surface area contributed by atoms with E-state index in [0.29, 0.717) is 5.92 Å². The Morgan fingerprint density at radius 1 is 0.944 bits per heavy atom. The molecule has 0 radical (unpaired) electrons. The summed E-state index contributed by atoms with van der Waals surface area (Å²) in [7, 11) is 0. The molecule has 3 N–H and O–H groups in total. The molecule has 2 fully saturated rings. The SMILES string of the molecule is O=C(Nc1cccc([C@H]2CCCN(c3ncnc4[nH]ccc34)C2)c1)Nc1ccccc1N1CCCC1.[HH].[HH].[HH]. The lowest BCUT2D eigenvalue weighted by Gasteiger charge is -2.34. The van der Waals surface area contributed by atoms with E-state index in [2.05, 4.69) is 53.6 Å². The minimum Gasteiger partial charge on any atom is -0.370 e. The summed E-state index contributed by atoms with van der Waals surface area (Å²) in [6.45, 7) is 3.93. The van der Waals surface area contributed by atoms with Crippen LogP contribution in [0.1, 0.15) is 41.4 Å². The number of para-hydroxylation sites is 2. The van der Waals surface area contributed by atoms with E-state index in [1.807, 2.05) is 42.6 Å². The van der Waals surface area contributed by atoms with Crippen molar-refractivity contribution in [2.75, 3.05) is 46.6 Å². The molecular weight excluding hydrogens is 450 g/mol. The second-order valence-electron chi connectivity index (χ2n) is 9.64. The maximum Gasteiger partial charge on any atom is 0.323 e. The number of hydrogen-bond donors (Lipinski definition) is 3. The molecule has 2 saturated heterocycles. The smallest absolute Gasteiger partial charge is 0.323 e. The van der Waals surface area contributed by atoms with Gasteiger partial charge in [-0.05, 0) is 61.6 Å². The Kier molecular flexibility index (Phi) is 6.15. The van der Waals surface area contributed by atoms with Crippen LogP contribution in [0.25, 0.3) is 11.0 Å². The molecule has 6 rings (SSSR count). The van der Waals surface area contributed by atoms with Crippen LogP contribution in [0.4, 0.5) is 27.7 Å². The van der Waals surface area contributed by atoms with Gasteiger partial charge in [0.25, 0.3) is 0 Å². The second kappa shape index (κ2) is 9.89. The highest BCUT2D eigenvalue weighted by molar-refractivity contribution is 6.02. The van der Waals surface area contributed by atoms with E-state index in [1.54, 1.807) is 6.33 Å². The fraction of sp³-hybridized carbons (Fsp3) is 0.321. The zero-order valence-corrected chi connectivity index (χ0v) is 20.3. The summed E-state index contributed by atoms with van der Waals surface area (Å²) < 4.78 is 0. The van der Waals surface area contributed by atoms with Crippen molar-refractivity contribution in [3.05, 3.63) is 72.7 Å². The van der Waals surface area contributed by atoms with E-state index < -0.39 is 0 Å². The van der Waals surface area contributed by atoms with Crippen LogP contribution in [0.5, 0.6) is 0 Å². The van der Waals surface area contributed by atoms with Crippen LogP contribution in [0.2, 0.25) is 0 Å². The molecule has 1 atom stereocenters. The number of hydrogen-bond acceptors (Lipinski definition) is 5. The third-order valence-corrected chi connectivity index (χ3v) is 7.27. The number of carbonyl (C=O) groups is 1.